The van der Waals surface area contributed by atoms with E-state index < -0.39 is 0 Å². The highest BCUT2D eigenvalue weighted by Crippen LogP contribution is 2.16. The number of nitrogens with zero attached hydrogens (tertiary/aromatic N) is 4. The second-order valence-electron chi connectivity index (χ2n) is 4.20. The Kier molecular flexibility index (Phi) is 3.28. The van der Waals surface area contributed by atoms with Crippen LogP contribution >= 0.6 is 0 Å². The van der Waals surface area contributed by atoms with Crippen LogP contribution in [0.5, 0.6) is 5.75 Å². The molecule has 1 heterocycles. The summed E-state index contributed by atoms with van der Waals surface area (Å²) in [5.41, 5.74) is 7.25. The van der Waals surface area contributed by atoms with E-state index in [0.717, 1.165) is 5.69 Å². The zero-order valence-electron chi connectivity index (χ0n) is 10.7. The molecule has 0 radical (unpaired) electrons. The highest BCUT2D eigenvalue weighted by molar-refractivity contribution is 5.43. The van der Waals surface area contributed by atoms with Crippen molar-refractivity contribution in [2.75, 3.05) is 5.73 Å². The van der Waals surface area contributed by atoms with Gasteiger partial charge in [0.15, 0.2) is 5.82 Å². The highest BCUT2D eigenvalue weighted by Gasteiger charge is 2.08. The molecule has 0 atom stereocenters. The molecule has 3 aromatic rings. The lowest BCUT2D eigenvalue weighted by Crippen LogP contribution is -2.06. The van der Waals surface area contributed by atoms with Crippen LogP contribution in [-0.4, -0.2) is 20.2 Å². The van der Waals surface area contributed by atoms with Gasteiger partial charge in [0.25, 0.3) is 0 Å². The average molecular weight is 267 g/mol. The first kappa shape index (κ1) is 12.2. The van der Waals surface area contributed by atoms with Gasteiger partial charge in [0.1, 0.15) is 12.4 Å². The lowest BCUT2D eigenvalue weighted by Gasteiger charge is -2.07. The number of hydrogen-bond donors (Lipinski definition) is 1. The van der Waals surface area contributed by atoms with Crippen LogP contribution in [0.15, 0.2) is 54.6 Å². The van der Waals surface area contributed by atoms with Crippen LogP contribution in [-0.2, 0) is 6.61 Å². The third-order valence-electron chi connectivity index (χ3n) is 2.76. The molecule has 100 valence electrons. The zero-order chi connectivity index (χ0) is 13.8. The number of para-hydroxylation sites is 1. The van der Waals surface area contributed by atoms with Crippen molar-refractivity contribution >= 4 is 5.69 Å². The van der Waals surface area contributed by atoms with E-state index in [1.807, 2.05) is 42.5 Å². The van der Waals surface area contributed by atoms with Crippen LogP contribution < -0.4 is 10.5 Å². The van der Waals surface area contributed by atoms with E-state index in [4.69, 9.17) is 10.5 Å². The summed E-state index contributed by atoms with van der Waals surface area (Å²) in [5, 5.41) is 11.6. The fraction of sp³-hybridized carbons (Fsp3) is 0.0714. The van der Waals surface area contributed by atoms with E-state index >= 15 is 0 Å². The molecule has 0 aliphatic carbocycles. The Hall–Kier alpha value is -2.89. The Morgan fingerprint density at radius 3 is 2.70 bits per heavy atom. The van der Waals surface area contributed by atoms with Crippen molar-refractivity contribution in [3.8, 4) is 11.4 Å². The van der Waals surface area contributed by atoms with Gasteiger partial charge in [-0.25, -0.2) is 0 Å². The zero-order valence-corrected chi connectivity index (χ0v) is 10.7. The van der Waals surface area contributed by atoms with Gasteiger partial charge in [-0.15, -0.1) is 5.10 Å². The summed E-state index contributed by atoms with van der Waals surface area (Å²) in [6, 6.07) is 16.9. The van der Waals surface area contributed by atoms with Crippen LogP contribution in [0.2, 0.25) is 0 Å². The van der Waals surface area contributed by atoms with Crippen LogP contribution in [0.4, 0.5) is 5.69 Å². The maximum atomic E-state index is 5.70. The van der Waals surface area contributed by atoms with Gasteiger partial charge in [0, 0.05) is 11.8 Å². The molecular weight excluding hydrogens is 254 g/mol. The number of hydrogen-bond acceptors (Lipinski definition) is 5. The Bertz CT molecular complexity index is 696. The minimum absolute atomic E-state index is 0.269. The molecule has 0 saturated carbocycles. The number of aromatic nitrogens is 4. The van der Waals surface area contributed by atoms with Crippen molar-refractivity contribution in [1.82, 2.24) is 20.2 Å². The molecule has 0 amide bonds. The predicted octanol–water partition coefficient (Wildman–Crippen LogP) is 1.82. The monoisotopic (exact) mass is 267 g/mol. The number of rotatable bonds is 4. The Balaban J connectivity index is 1.78. The summed E-state index contributed by atoms with van der Waals surface area (Å²) in [6.45, 7) is 0.269. The summed E-state index contributed by atoms with van der Waals surface area (Å²) < 4.78 is 7.30. The number of anilines is 1. The maximum Gasteiger partial charge on any atom is 0.194 e. The molecule has 6 nitrogen and oxygen atoms in total. The summed E-state index contributed by atoms with van der Waals surface area (Å²) in [7, 11) is 0. The van der Waals surface area contributed by atoms with Gasteiger partial charge in [0.2, 0.25) is 0 Å². The Morgan fingerprint density at radius 1 is 1.05 bits per heavy atom. The van der Waals surface area contributed by atoms with Crippen LogP contribution in [0.25, 0.3) is 5.69 Å². The molecular formula is C14H13N5O. The highest BCUT2D eigenvalue weighted by atomic mass is 16.5. The molecule has 0 aliphatic rings. The molecule has 0 saturated heterocycles. The predicted molar refractivity (Wildman–Crippen MR) is 74.3 cm³/mol. The van der Waals surface area contributed by atoms with Gasteiger partial charge < -0.3 is 10.5 Å². The number of nitrogen functional groups attached to an aromatic ring is 1. The van der Waals surface area contributed by atoms with Crippen molar-refractivity contribution < 1.29 is 4.74 Å². The smallest absolute Gasteiger partial charge is 0.194 e. The fourth-order valence-corrected chi connectivity index (χ4v) is 1.82. The van der Waals surface area contributed by atoms with E-state index in [-0.39, 0.29) is 6.61 Å². The van der Waals surface area contributed by atoms with E-state index in [1.54, 1.807) is 16.8 Å². The normalized spacial score (nSPS) is 10.4. The topological polar surface area (TPSA) is 78.8 Å². The number of nitrogens with two attached hydrogens (primary N) is 1. The first-order valence-electron chi connectivity index (χ1n) is 6.14. The van der Waals surface area contributed by atoms with E-state index in [0.29, 0.717) is 17.3 Å². The molecule has 20 heavy (non-hydrogen) atoms. The Labute approximate surface area is 115 Å². The molecule has 0 aliphatic heterocycles. The SMILES string of the molecule is Nc1cccc(OCc2nnnn2-c2ccccc2)c1. The second-order valence-corrected chi connectivity index (χ2v) is 4.20. The molecule has 6 heteroatoms. The van der Waals surface area contributed by atoms with Gasteiger partial charge in [0.05, 0.1) is 5.69 Å². The van der Waals surface area contributed by atoms with E-state index in [9.17, 15) is 0 Å². The van der Waals surface area contributed by atoms with Crippen LogP contribution in [0, 0.1) is 0 Å². The van der Waals surface area contributed by atoms with Gasteiger partial charge in [-0.3, -0.25) is 0 Å². The fourth-order valence-electron chi connectivity index (χ4n) is 1.82. The maximum absolute atomic E-state index is 5.70. The molecule has 2 N–H and O–H groups in total. The molecule has 1 aromatic heterocycles. The van der Waals surface area contributed by atoms with Crippen molar-refractivity contribution in [1.29, 1.82) is 0 Å². The third kappa shape index (κ3) is 2.59. The quantitative estimate of drug-likeness (QED) is 0.729. The van der Waals surface area contributed by atoms with Gasteiger partial charge in [-0.1, -0.05) is 24.3 Å². The summed E-state index contributed by atoms with van der Waals surface area (Å²) in [5.74, 6) is 1.31. The van der Waals surface area contributed by atoms with Crippen LogP contribution in [0.3, 0.4) is 0 Å². The number of tetrazole rings is 1. The van der Waals surface area contributed by atoms with Gasteiger partial charge >= 0.3 is 0 Å². The molecule has 0 spiro atoms. The molecule has 0 fully saturated rings. The molecule has 2 aromatic carbocycles. The molecule has 0 bridgehead atoms. The van der Waals surface area contributed by atoms with Crippen molar-refractivity contribution in [2.24, 2.45) is 0 Å². The first-order chi connectivity index (χ1) is 9.83. The summed E-state index contributed by atoms with van der Waals surface area (Å²) in [6.07, 6.45) is 0. The summed E-state index contributed by atoms with van der Waals surface area (Å²) >= 11 is 0. The van der Waals surface area contributed by atoms with E-state index in [2.05, 4.69) is 15.5 Å². The third-order valence-corrected chi connectivity index (χ3v) is 2.76. The standard InChI is InChI=1S/C14H13N5O/c15-11-5-4-8-13(9-11)20-10-14-16-17-18-19(14)12-6-2-1-3-7-12/h1-9H,10,15H2. The Morgan fingerprint density at radius 2 is 1.90 bits per heavy atom. The molecule has 3 rings (SSSR count). The minimum Gasteiger partial charge on any atom is -0.485 e. The lowest BCUT2D eigenvalue weighted by molar-refractivity contribution is 0.292. The number of benzene rings is 2. The van der Waals surface area contributed by atoms with Crippen molar-refractivity contribution in [3.63, 3.8) is 0 Å². The van der Waals surface area contributed by atoms with Gasteiger partial charge in [-0.2, -0.15) is 4.68 Å². The van der Waals surface area contributed by atoms with Crippen molar-refractivity contribution in [2.45, 2.75) is 6.61 Å². The van der Waals surface area contributed by atoms with E-state index in [1.165, 1.54) is 0 Å². The number of ether oxygens (including phenoxy) is 1. The lowest BCUT2D eigenvalue weighted by atomic mass is 10.3. The second kappa shape index (κ2) is 5.40. The first-order valence-corrected chi connectivity index (χ1v) is 6.14. The average Bonchev–Trinajstić information content (AvgIpc) is 2.95. The molecule has 0 unspecified atom stereocenters. The summed E-state index contributed by atoms with van der Waals surface area (Å²) in [4.78, 5) is 0. The van der Waals surface area contributed by atoms with Crippen LogP contribution in [0.1, 0.15) is 5.82 Å². The van der Waals surface area contributed by atoms with Crippen molar-refractivity contribution in [3.05, 3.63) is 60.4 Å². The minimum atomic E-state index is 0.269. The largest absolute Gasteiger partial charge is 0.485 e. The van der Waals surface area contributed by atoms with Gasteiger partial charge in [-0.05, 0) is 34.7 Å².